The zero-order valence-corrected chi connectivity index (χ0v) is 19.5. The molecule has 0 amide bonds. The Bertz CT molecular complexity index is 674. The summed E-state index contributed by atoms with van der Waals surface area (Å²) in [5.74, 6) is 0. The number of benzene rings is 1. The van der Waals surface area contributed by atoms with E-state index in [-0.39, 0.29) is 8.97 Å². The number of hydrogen-bond donors (Lipinski definition) is 0. The Labute approximate surface area is 161 Å². The molecule has 0 bridgehead atoms. The van der Waals surface area contributed by atoms with Crippen LogP contribution in [0.4, 0.5) is 0 Å². The molecule has 0 atom stereocenters. The maximum absolute atomic E-state index is 6.12. The SMILES string of the molecule is C[O][Ti]([O]C)([S]C(C)(C)c1c(C)c(C)c(C)c(C)c1C)[CH]1C=CC=C1. The molecular formula is C21H32O2STi. The summed E-state index contributed by atoms with van der Waals surface area (Å²) in [5, 5.41) is 0. The third kappa shape index (κ3) is 3.72. The van der Waals surface area contributed by atoms with Gasteiger partial charge in [-0.1, -0.05) is 0 Å². The van der Waals surface area contributed by atoms with Gasteiger partial charge in [0.1, 0.15) is 0 Å². The molecule has 0 aromatic heterocycles. The van der Waals surface area contributed by atoms with Gasteiger partial charge in [0, 0.05) is 0 Å². The van der Waals surface area contributed by atoms with Crippen LogP contribution in [0.3, 0.4) is 0 Å². The molecule has 1 aliphatic carbocycles. The molecule has 0 spiro atoms. The molecule has 1 aromatic carbocycles. The first-order valence-corrected chi connectivity index (χ1v) is 13.7. The van der Waals surface area contributed by atoms with Crippen molar-refractivity contribution in [2.45, 2.75) is 57.4 Å². The second-order valence-electron chi connectivity index (χ2n) is 7.42. The van der Waals surface area contributed by atoms with Crippen molar-refractivity contribution >= 4 is 9.35 Å². The Hall–Kier alpha value is -0.316. The van der Waals surface area contributed by atoms with Gasteiger partial charge in [0.15, 0.2) is 0 Å². The van der Waals surface area contributed by atoms with Gasteiger partial charge >= 0.3 is 161 Å². The van der Waals surface area contributed by atoms with Crippen LogP contribution in [-0.4, -0.2) is 14.2 Å². The Morgan fingerprint density at radius 1 is 0.800 bits per heavy atom. The average molecular weight is 396 g/mol. The first-order valence-electron chi connectivity index (χ1n) is 8.84. The van der Waals surface area contributed by atoms with E-state index in [0.717, 1.165) is 0 Å². The minimum absolute atomic E-state index is 0.0757. The van der Waals surface area contributed by atoms with Crippen molar-refractivity contribution < 1.29 is 22.7 Å². The molecular weight excluding hydrogens is 364 g/mol. The molecule has 0 N–H and O–H groups in total. The molecule has 0 fully saturated rings. The van der Waals surface area contributed by atoms with Crippen molar-refractivity contribution in [1.29, 1.82) is 0 Å². The topological polar surface area (TPSA) is 18.5 Å². The summed E-state index contributed by atoms with van der Waals surface area (Å²) in [7, 11) is 5.57. The van der Waals surface area contributed by atoms with E-state index in [4.69, 9.17) is 6.64 Å². The van der Waals surface area contributed by atoms with Crippen LogP contribution < -0.4 is 0 Å². The van der Waals surface area contributed by atoms with Crippen LogP contribution in [-0.2, 0) is 27.4 Å². The fraction of sp³-hybridized carbons (Fsp3) is 0.524. The predicted octanol–water partition coefficient (Wildman–Crippen LogP) is 6.30. The summed E-state index contributed by atoms with van der Waals surface area (Å²) in [5.41, 5.74) is 8.46. The van der Waals surface area contributed by atoms with Crippen LogP contribution in [0, 0.1) is 34.6 Å². The molecule has 0 heterocycles. The molecule has 0 radical (unpaired) electrons. The van der Waals surface area contributed by atoms with Gasteiger partial charge in [0.2, 0.25) is 0 Å². The quantitative estimate of drug-likeness (QED) is 0.526. The Morgan fingerprint density at radius 2 is 1.20 bits per heavy atom. The molecule has 0 unspecified atom stereocenters. The van der Waals surface area contributed by atoms with Gasteiger partial charge in [-0.05, 0) is 0 Å². The molecule has 1 aromatic rings. The molecule has 138 valence electrons. The van der Waals surface area contributed by atoms with Gasteiger partial charge < -0.3 is 0 Å². The predicted molar refractivity (Wildman–Crippen MR) is 107 cm³/mol. The monoisotopic (exact) mass is 396 g/mol. The van der Waals surface area contributed by atoms with E-state index >= 15 is 0 Å². The minimum atomic E-state index is -3.09. The van der Waals surface area contributed by atoms with Crippen LogP contribution >= 0.6 is 9.35 Å². The van der Waals surface area contributed by atoms with Crippen molar-refractivity contribution in [3.63, 3.8) is 0 Å². The van der Waals surface area contributed by atoms with Gasteiger partial charge in [0.05, 0.1) is 0 Å². The summed E-state index contributed by atoms with van der Waals surface area (Å²) in [4.78, 5) is 0. The van der Waals surface area contributed by atoms with Crippen LogP contribution in [0.1, 0.15) is 47.2 Å². The average Bonchev–Trinajstić information content (AvgIpc) is 3.11. The van der Waals surface area contributed by atoms with E-state index in [9.17, 15) is 0 Å². The Balaban J connectivity index is 2.55. The van der Waals surface area contributed by atoms with Gasteiger partial charge in [-0.3, -0.25) is 0 Å². The number of hydrogen-bond acceptors (Lipinski definition) is 3. The summed E-state index contributed by atoms with van der Waals surface area (Å²) in [6, 6.07) is 0. The van der Waals surface area contributed by atoms with Crippen molar-refractivity contribution in [1.82, 2.24) is 0 Å². The standard InChI is InChI=1S/C14H22S.C5H5.2CH3O.Ti/c1-8-9(2)11(4)13(14(6,7)15)12(5)10(8)3;1-2-4-5-3-1;2*1-2;/h15H,1-7H3;1-5H;2*1H3;/q;;2*-1;+3/p-1. The van der Waals surface area contributed by atoms with E-state index in [0.29, 0.717) is 0 Å². The molecule has 0 saturated heterocycles. The summed E-state index contributed by atoms with van der Waals surface area (Å²) >= 11 is -3.09. The number of allylic oxidation sites excluding steroid dienone is 4. The normalized spacial score (nSPS) is 15.4. The molecule has 0 aliphatic heterocycles. The van der Waals surface area contributed by atoms with Crippen LogP contribution in [0.25, 0.3) is 0 Å². The second kappa shape index (κ2) is 7.74. The fourth-order valence-corrected chi connectivity index (χ4v) is 13.5. The number of rotatable bonds is 6. The van der Waals surface area contributed by atoms with E-state index in [1.807, 2.05) is 23.6 Å². The summed E-state index contributed by atoms with van der Waals surface area (Å²) < 4.78 is 12.4. The molecule has 2 rings (SSSR count). The molecule has 2 nitrogen and oxygen atoms in total. The van der Waals surface area contributed by atoms with Crippen molar-refractivity contribution in [3.05, 3.63) is 57.7 Å². The van der Waals surface area contributed by atoms with Crippen molar-refractivity contribution in [2.75, 3.05) is 14.2 Å². The van der Waals surface area contributed by atoms with E-state index in [2.05, 4.69) is 72.8 Å². The second-order valence-corrected chi connectivity index (χ2v) is 16.1. The molecule has 0 saturated carbocycles. The third-order valence-corrected chi connectivity index (χ3v) is 16.6. The fourth-order valence-electron chi connectivity index (χ4n) is 3.98. The van der Waals surface area contributed by atoms with Crippen molar-refractivity contribution in [2.24, 2.45) is 0 Å². The van der Waals surface area contributed by atoms with Crippen molar-refractivity contribution in [3.8, 4) is 0 Å². The maximum atomic E-state index is 6.12. The van der Waals surface area contributed by atoms with Gasteiger partial charge in [-0.2, -0.15) is 0 Å². The Morgan fingerprint density at radius 3 is 1.60 bits per heavy atom. The zero-order chi connectivity index (χ0) is 19.0. The van der Waals surface area contributed by atoms with Crippen LogP contribution in [0.5, 0.6) is 0 Å². The first-order chi connectivity index (χ1) is 11.6. The zero-order valence-electron chi connectivity index (χ0n) is 17.1. The summed E-state index contributed by atoms with van der Waals surface area (Å²) in [6.07, 6.45) is 8.66. The van der Waals surface area contributed by atoms with E-state index in [1.54, 1.807) is 0 Å². The molecule has 1 aliphatic rings. The van der Waals surface area contributed by atoms with Crippen LogP contribution in [0.15, 0.2) is 24.3 Å². The van der Waals surface area contributed by atoms with E-state index < -0.39 is 16.1 Å². The Kier molecular flexibility index (Phi) is 6.50. The van der Waals surface area contributed by atoms with Gasteiger partial charge in [-0.15, -0.1) is 0 Å². The molecule has 25 heavy (non-hydrogen) atoms. The van der Waals surface area contributed by atoms with Gasteiger partial charge in [0.25, 0.3) is 0 Å². The van der Waals surface area contributed by atoms with Gasteiger partial charge in [-0.25, -0.2) is 0 Å². The first kappa shape index (κ1) is 21.0. The third-order valence-electron chi connectivity index (χ3n) is 5.72. The van der Waals surface area contributed by atoms with E-state index in [1.165, 1.54) is 33.4 Å². The summed E-state index contributed by atoms with van der Waals surface area (Å²) in [6.45, 7) is 15.9. The molecule has 4 heteroatoms. The van der Waals surface area contributed by atoms with Crippen LogP contribution in [0.2, 0.25) is 4.22 Å².